The molecule has 0 bridgehead atoms. The van der Waals surface area contributed by atoms with Crippen LogP contribution in [0.15, 0.2) is 22.7 Å². The zero-order valence-corrected chi connectivity index (χ0v) is 12.9. The monoisotopic (exact) mass is 324 g/mol. The number of piperidine rings is 1. The Kier molecular flexibility index (Phi) is 3.99. The molecule has 2 atom stereocenters. The van der Waals surface area contributed by atoms with Crippen molar-refractivity contribution in [2.45, 2.75) is 37.8 Å². The van der Waals surface area contributed by atoms with Crippen molar-refractivity contribution in [3.05, 3.63) is 22.7 Å². The van der Waals surface area contributed by atoms with Gasteiger partial charge >= 0.3 is 0 Å². The van der Waals surface area contributed by atoms with Crippen LogP contribution in [0, 0.1) is 0 Å². The molecule has 2 heterocycles. The molecule has 2 aliphatic heterocycles. The van der Waals surface area contributed by atoms with Crippen LogP contribution in [0.2, 0.25) is 0 Å². The number of rotatable bonds is 3. The van der Waals surface area contributed by atoms with E-state index in [-0.39, 0.29) is 0 Å². The van der Waals surface area contributed by atoms with Crippen molar-refractivity contribution < 1.29 is 4.74 Å². The van der Waals surface area contributed by atoms with Crippen molar-refractivity contribution >= 4 is 21.6 Å². The van der Waals surface area contributed by atoms with Gasteiger partial charge in [-0.1, -0.05) is 6.42 Å². The highest BCUT2D eigenvalue weighted by Gasteiger charge is 2.35. The standard InChI is InChI=1S/C15H21BrN2O/c1-19-15-6-5-11(10-12(15)16)17-13-7-9-18-8-3-2-4-14(13)18/h5-6,10,13-14,17H,2-4,7-9H2,1H3. The molecule has 0 amide bonds. The van der Waals surface area contributed by atoms with Gasteiger partial charge in [0.05, 0.1) is 11.6 Å². The van der Waals surface area contributed by atoms with Crippen LogP contribution in [0.5, 0.6) is 5.75 Å². The molecule has 2 saturated heterocycles. The van der Waals surface area contributed by atoms with E-state index in [4.69, 9.17) is 4.74 Å². The summed E-state index contributed by atoms with van der Waals surface area (Å²) in [6.07, 6.45) is 5.35. The Morgan fingerprint density at radius 3 is 2.95 bits per heavy atom. The average Bonchev–Trinajstić information content (AvgIpc) is 2.83. The van der Waals surface area contributed by atoms with Gasteiger partial charge in [-0.15, -0.1) is 0 Å². The fourth-order valence-electron chi connectivity index (χ4n) is 3.39. The summed E-state index contributed by atoms with van der Waals surface area (Å²) in [4.78, 5) is 2.65. The van der Waals surface area contributed by atoms with E-state index in [0.717, 1.165) is 16.3 Å². The van der Waals surface area contributed by atoms with Crippen LogP contribution in [0.4, 0.5) is 5.69 Å². The molecule has 2 unspecified atom stereocenters. The second-order valence-corrected chi connectivity index (χ2v) is 6.34. The maximum Gasteiger partial charge on any atom is 0.133 e. The maximum atomic E-state index is 5.27. The third-order valence-corrected chi connectivity index (χ3v) is 4.98. The molecule has 1 N–H and O–H groups in total. The molecule has 1 aromatic rings. The number of ether oxygens (including phenoxy) is 1. The molecule has 104 valence electrons. The Hall–Kier alpha value is -0.740. The molecular weight excluding hydrogens is 304 g/mol. The molecule has 0 radical (unpaired) electrons. The van der Waals surface area contributed by atoms with Gasteiger partial charge in [0.15, 0.2) is 0 Å². The van der Waals surface area contributed by atoms with Gasteiger partial charge in [0, 0.05) is 24.3 Å². The van der Waals surface area contributed by atoms with Crippen molar-refractivity contribution in [3.63, 3.8) is 0 Å². The first-order valence-corrected chi connectivity index (χ1v) is 7.91. The molecule has 0 saturated carbocycles. The number of halogens is 1. The molecule has 2 aliphatic rings. The third kappa shape index (κ3) is 2.75. The quantitative estimate of drug-likeness (QED) is 0.921. The predicted octanol–water partition coefficient (Wildman–Crippen LogP) is 3.50. The topological polar surface area (TPSA) is 24.5 Å². The van der Waals surface area contributed by atoms with Gasteiger partial charge in [-0.2, -0.15) is 0 Å². The lowest BCUT2D eigenvalue weighted by molar-refractivity contribution is 0.193. The molecule has 0 spiro atoms. The minimum absolute atomic E-state index is 0.598. The summed E-state index contributed by atoms with van der Waals surface area (Å²) in [5, 5.41) is 3.70. The van der Waals surface area contributed by atoms with Crippen molar-refractivity contribution in [2.24, 2.45) is 0 Å². The molecule has 19 heavy (non-hydrogen) atoms. The van der Waals surface area contributed by atoms with Crippen LogP contribution in [-0.2, 0) is 0 Å². The molecule has 0 aliphatic carbocycles. The highest BCUT2D eigenvalue weighted by atomic mass is 79.9. The Morgan fingerprint density at radius 1 is 1.26 bits per heavy atom. The summed E-state index contributed by atoms with van der Waals surface area (Å²) in [5.74, 6) is 0.885. The van der Waals surface area contributed by atoms with E-state index in [1.165, 1.54) is 44.5 Å². The Labute approximate surface area is 123 Å². The number of nitrogens with zero attached hydrogens (tertiary/aromatic N) is 1. The van der Waals surface area contributed by atoms with E-state index in [0.29, 0.717) is 6.04 Å². The van der Waals surface area contributed by atoms with Crippen LogP contribution in [-0.4, -0.2) is 37.2 Å². The zero-order chi connectivity index (χ0) is 13.2. The first kappa shape index (κ1) is 13.3. The summed E-state index contributed by atoms with van der Waals surface area (Å²) in [6, 6.07) is 7.56. The molecule has 4 heteroatoms. The van der Waals surface area contributed by atoms with Gasteiger partial charge in [-0.05, 0) is 59.9 Å². The number of nitrogens with one attached hydrogen (secondary N) is 1. The van der Waals surface area contributed by atoms with Crippen LogP contribution in [0.25, 0.3) is 0 Å². The number of methoxy groups -OCH3 is 1. The first-order chi connectivity index (χ1) is 9.28. The van der Waals surface area contributed by atoms with Gasteiger partial charge in [0.25, 0.3) is 0 Å². The first-order valence-electron chi connectivity index (χ1n) is 7.12. The van der Waals surface area contributed by atoms with Crippen molar-refractivity contribution in [2.75, 3.05) is 25.5 Å². The fraction of sp³-hybridized carbons (Fsp3) is 0.600. The second kappa shape index (κ2) is 5.71. The lowest BCUT2D eigenvalue weighted by atomic mass is 9.99. The largest absolute Gasteiger partial charge is 0.496 e. The van der Waals surface area contributed by atoms with E-state index >= 15 is 0 Å². The van der Waals surface area contributed by atoms with E-state index in [1.807, 2.05) is 6.07 Å². The minimum Gasteiger partial charge on any atom is -0.496 e. The minimum atomic E-state index is 0.598. The van der Waals surface area contributed by atoms with Crippen molar-refractivity contribution in [3.8, 4) is 5.75 Å². The Bertz CT molecular complexity index is 452. The summed E-state index contributed by atoms with van der Waals surface area (Å²) < 4.78 is 6.29. The number of hydrogen-bond acceptors (Lipinski definition) is 3. The highest BCUT2D eigenvalue weighted by Crippen LogP contribution is 2.32. The van der Waals surface area contributed by atoms with E-state index < -0.39 is 0 Å². The smallest absolute Gasteiger partial charge is 0.133 e. The number of benzene rings is 1. The van der Waals surface area contributed by atoms with Crippen LogP contribution < -0.4 is 10.1 Å². The Balaban J connectivity index is 1.69. The second-order valence-electron chi connectivity index (χ2n) is 5.49. The van der Waals surface area contributed by atoms with Crippen molar-refractivity contribution in [1.29, 1.82) is 0 Å². The van der Waals surface area contributed by atoms with Gasteiger partial charge in [0.2, 0.25) is 0 Å². The molecule has 0 aromatic heterocycles. The molecule has 3 rings (SSSR count). The van der Waals surface area contributed by atoms with Crippen LogP contribution >= 0.6 is 15.9 Å². The van der Waals surface area contributed by atoms with Crippen LogP contribution in [0.3, 0.4) is 0 Å². The van der Waals surface area contributed by atoms with E-state index in [9.17, 15) is 0 Å². The predicted molar refractivity (Wildman–Crippen MR) is 81.9 cm³/mol. The Morgan fingerprint density at radius 2 is 2.16 bits per heavy atom. The highest BCUT2D eigenvalue weighted by molar-refractivity contribution is 9.10. The average molecular weight is 325 g/mol. The van der Waals surface area contributed by atoms with Gasteiger partial charge < -0.3 is 10.1 Å². The normalized spacial score (nSPS) is 27.1. The van der Waals surface area contributed by atoms with E-state index in [1.54, 1.807) is 7.11 Å². The summed E-state index contributed by atoms with van der Waals surface area (Å²) in [6.45, 7) is 2.54. The fourth-order valence-corrected chi connectivity index (χ4v) is 3.93. The molecule has 1 aromatic carbocycles. The van der Waals surface area contributed by atoms with Gasteiger partial charge in [0.1, 0.15) is 5.75 Å². The number of hydrogen-bond donors (Lipinski definition) is 1. The lowest BCUT2D eigenvalue weighted by Crippen LogP contribution is -2.41. The zero-order valence-electron chi connectivity index (χ0n) is 11.4. The SMILES string of the molecule is COc1ccc(NC2CCN3CCCCC23)cc1Br. The molecule has 3 nitrogen and oxygen atoms in total. The number of anilines is 1. The third-order valence-electron chi connectivity index (χ3n) is 4.36. The van der Waals surface area contributed by atoms with Gasteiger partial charge in [-0.25, -0.2) is 0 Å². The summed E-state index contributed by atoms with van der Waals surface area (Å²) in [5.41, 5.74) is 1.19. The lowest BCUT2D eigenvalue weighted by Gasteiger charge is -2.33. The molecule has 2 fully saturated rings. The summed E-state index contributed by atoms with van der Waals surface area (Å²) in [7, 11) is 1.70. The van der Waals surface area contributed by atoms with Crippen molar-refractivity contribution in [1.82, 2.24) is 4.90 Å². The number of fused-ring (bicyclic) bond motifs is 1. The van der Waals surface area contributed by atoms with Crippen LogP contribution in [0.1, 0.15) is 25.7 Å². The summed E-state index contributed by atoms with van der Waals surface area (Å²) >= 11 is 3.55. The van der Waals surface area contributed by atoms with E-state index in [2.05, 4.69) is 38.3 Å². The maximum absolute atomic E-state index is 5.27. The molecular formula is C15H21BrN2O. The van der Waals surface area contributed by atoms with Gasteiger partial charge in [-0.3, -0.25) is 4.90 Å².